The van der Waals surface area contributed by atoms with Crippen molar-refractivity contribution in [3.63, 3.8) is 0 Å². The van der Waals surface area contributed by atoms with Crippen LogP contribution in [-0.2, 0) is 9.59 Å². The van der Waals surface area contributed by atoms with Gasteiger partial charge in [-0.1, -0.05) is 0 Å². The highest BCUT2D eigenvalue weighted by Gasteiger charge is 2.24. The summed E-state index contributed by atoms with van der Waals surface area (Å²) in [5.74, 6) is 0.393. The van der Waals surface area contributed by atoms with Crippen LogP contribution < -0.4 is 9.47 Å². The molecule has 0 unspecified atom stereocenters. The molecule has 1 N–H and O–H groups in total. The first-order chi connectivity index (χ1) is 11.6. The second-order valence-electron chi connectivity index (χ2n) is 5.36. The number of carbonyl (C=O) groups excluding carboxylic acids is 2. The molecule has 128 valence electrons. The van der Waals surface area contributed by atoms with Crippen LogP contribution in [0.3, 0.4) is 0 Å². The van der Waals surface area contributed by atoms with Gasteiger partial charge in [-0.05, 0) is 44.6 Å². The number of benzene rings is 1. The Balaban J connectivity index is 2.24. The number of ketones is 2. The Labute approximate surface area is 141 Å². The summed E-state index contributed by atoms with van der Waals surface area (Å²) < 4.78 is 11.0. The van der Waals surface area contributed by atoms with E-state index in [1.165, 1.54) is 6.08 Å². The van der Waals surface area contributed by atoms with Gasteiger partial charge in [-0.25, -0.2) is 0 Å². The maximum Gasteiger partial charge on any atom is 0.192 e. The molecule has 0 atom stereocenters. The molecular weight excluding hydrogens is 308 g/mol. The summed E-state index contributed by atoms with van der Waals surface area (Å²) in [6, 6.07) is 5.34. The predicted molar refractivity (Wildman–Crippen MR) is 91.3 cm³/mol. The third kappa shape index (κ3) is 4.25. The van der Waals surface area contributed by atoms with Gasteiger partial charge < -0.3 is 14.6 Å². The maximum absolute atomic E-state index is 12.2. The first kappa shape index (κ1) is 17.8. The number of rotatable bonds is 7. The molecule has 5 nitrogen and oxygen atoms in total. The molecule has 0 aromatic heterocycles. The molecule has 2 rings (SSSR count). The Bertz CT molecular complexity index is 685. The summed E-state index contributed by atoms with van der Waals surface area (Å²) in [5, 5.41) is 9.80. The van der Waals surface area contributed by atoms with E-state index in [0.717, 1.165) is 0 Å². The normalized spacial score (nSPS) is 15.0. The van der Waals surface area contributed by atoms with Crippen molar-refractivity contribution in [1.29, 1.82) is 0 Å². The van der Waals surface area contributed by atoms with Gasteiger partial charge in [0.05, 0.1) is 13.2 Å². The first-order valence-electron chi connectivity index (χ1n) is 8.14. The van der Waals surface area contributed by atoms with Gasteiger partial charge >= 0.3 is 0 Å². The minimum atomic E-state index is -0.478. The van der Waals surface area contributed by atoms with Crippen molar-refractivity contribution in [1.82, 2.24) is 0 Å². The highest BCUT2D eigenvalue weighted by atomic mass is 16.5. The zero-order valence-corrected chi connectivity index (χ0v) is 14.0. The van der Waals surface area contributed by atoms with E-state index in [9.17, 15) is 14.7 Å². The molecule has 0 amide bonds. The van der Waals surface area contributed by atoms with Crippen molar-refractivity contribution in [2.75, 3.05) is 13.2 Å². The number of ether oxygens (including phenoxy) is 2. The fourth-order valence-electron chi connectivity index (χ4n) is 2.55. The second-order valence-corrected chi connectivity index (χ2v) is 5.36. The fraction of sp³-hybridized carbons (Fsp3) is 0.368. The lowest BCUT2D eigenvalue weighted by Gasteiger charge is -2.13. The monoisotopic (exact) mass is 330 g/mol. The third-order valence-corrected chi connectivity index (χ3v) is 3.64. The number of carbonyl (C=O) groups is 2. The van der Waals surface area contributed by atoms with Crippen molar-refractivity contribution in [3.05, 3.63) is 41.2 Å². The minimum Gasteiger partial charge on any atom is -0.511 e. The Morgan fingerprint density at radius 1 is 1.21 bits per heavy atom. The van der Waals surface area contributed by atoms with Crippen LogP contribution in [0.2, 0.25) is 0 Å². The predicted octanol–water partition coefficient (Wildman–Crippen LogP) is 3.63. The first-order valence-corrected chi connectivity index (χ1v) is 8.14. The largest absolute Gasteiger partial charge is 0.511 e. The van der Waals surface area contributed by atoms with E-state index in [-0.39, 0.29) is 17.1 Å². The molecule has 0 saturated heterocycles. The average Bonchev–Trinajstić information content (AvgIpc) is 2.54. The van der Waals surface area contributed by atoms with Crippen molar-refractivity contribution in [2.24, 2.45) is 0 Å². The summed E-state index contributed by atoms with van der Waals surface area (Å²) in [6.07, 6.45) is 4.14. The van der Waals surface area contributed by atoms with Crippen molar-refractivity contribution >= 4 is 17.6 Å². The number of aliphatic hydroxyl groups excluding tert-OH is 1. The number of allylic oxidation sites excluding steroid dienone is 3. The molecule has 0 radical (unpaired) electrons. The molecule has 0 fully saturated rings. The Morgan fingerprint density at radius 3 is 2.62 bits per heavy atom. The van der Waals surface area contributed by atoms with E-state index < -0.39 is 5.78 Å². The Kier molecular flexibility index (Phi) is 6.18. The van der Waals surface area contributed by atoms with Gasteiger partial charge in [0.25, 0.3) is 0 Å². The van der Waals surface area contributed by atoms with E-state index >= 15 is 0 Å². The van der Waals surface area contributed by atoms with Crippen LogP contribution in [-0.4, -0.2) is 29.9 Å². The molecule has 0 spiro atoms. The third-order valence-electron chi connectivity index (χ3n) is 3.64. The zero-order chi connectivity index (χ0) is 17.5. The van der Waals surface area contributed by atoms with Gasteiger partial charge in [0.2, 0.25) is 0 Å². The maximum atomic E-state index is 12.2. The van der Waals surface area contributed by atoms with E-state index in [1.54, 1.807) is 24.3 Å². The fourth-order valence-corrected chi connectivity index (χ4v) is 2.55. The highest BCUT2D eigenvalue weighted by Crippen LogP contribution is 2.27. The Morgan fingerprint density at radius 2 is 1.96 bits per heavy atom. The lowest BCUT2D eigenvalue weighted by molar-refractivity contribution is -0.120. The topological polar surface area (TPSA) is 72.8 Å². The molecule has 1 aliphatic carbocycles. The smallest absolute Gasteiger partial charge is 0.192 e. The summed E-state index contributed by atoms with van der Waals surface area (Å²) in [6.45, 7) is 4.80. The van der Waals surface area contributed by atoms with Gasteiger partial charge in [-0.2, -0.15) is 0 Å². The lowest BCUT2D eigenvalue weighted by atomic mass is 9.93. The van der Waals surface area contributed by atoms with Crippen molar-refractivity contribution < 1.29 is 24.2 Å². The lowest BCUT2D eigenvalue weighted by Crippen LogP contribution is -2.17. The molecule has 0 bridgehead atoms. The van der Waals surface area contributed by atoms with Crippen LogP contribution in [0.1, 0.15) is 38.7 Å². The molecule has 0 heterocycles. The van der Waals surface area contributed by atoms with Crippen LogP contribution in [0.25, 0.3) is 6.08 Å². The van der Waals surface area contributed by atoms with E-state index in [1.807, 2.05) is 13.8 Å². The number of Topliss-reactive ketones (excluding diaryl/α,β-unsaturated/α-hetero) is 1. The summed E-state index contributed by atoms with van der Waals surface area (Å²) in [7, 11) is 0. The molecule has 1 aliphatic rings. The van der Waals surface area contributed by atoms with Crippen molar-refractivity contribution in [2.45, 2.75) is 33.1 Å². The summed E-state index contributed by atoms with van der Waals surface area (Å²) in [5.41, 5.74) is 0.610. The highest BCUT2D eigenvalue weighted by molar-refractivity contribution is 6.25. The van der Waals surface area contributed by atoms with Crippen LogP contribution in [0, 0.1) is 0 Å². The van der Waals surface area contributed by atoms with Gasteiger partial charge in [0.1, 0.15) is 22.8 Å². The van der Waals surface area contributed by atoms with E-state index in [2.05, 4.69) is 0 Å². The van der Waals surface area contributed by atoms with E-state index in [0.29, 0.717) is 49.5 Å². The average molecular weight is 330 g/mol. The standard InChI is InChI=1S/C19H22O5/c1-3-23-14-10-8-13(18(12-14)24-4-2)9-11-17(22)19-15(20)6-5-7-16(19)21/h8-12,20H,3-7H2,1-2H3. The quantitative estimate of drug-likeness (QED) is 0.610. The number of hydrogen-bond donors (Lipinski definition) is 1. The van der Waals surface area contributed by atoms with Crippen molar-refractivity contribution in [3.8, 4) is 11.5 Å². The number of hydrogen-bond acceptors (Lipinski definition) is 5. The van der Waals surface area contributed by atoms with Gasteiger partial charge in [0.15, 0.2) is 11.6 Å². The van der Waals surface area contributed by atoms with E-state index in [4.69, 9.17) is 9.47 Å². The number of aliphatic hydroxyl groups is 1. The molecule has 0 aliphatic heterocycles. The SMILES string of the molecule is CCOc1ccc(C=CC(=O)C2=C(O)CCCC2=O)c(OCC)c1. The Hall–Kier alpha value is -2.56. The van der Waals surface area contributed by atoms with Crippen LogP contribution in [0.5, 0.6) is 11.5 Å². The zero-order valence-electron chi connectivity index (χ0n) is 14.0. The molecule has 0 saturated carbocycles. The van der Waals surface area contributed by atoms with Crippen LogP contribution in [0.15, 0.2) is 35.6 Å². The second kappa shape index (κ2) is 8.34. The molecule has 1 aromatic rings. The van der Waals surface area contributed by atoms with Crippen LogP contribution >= 0.6 is 0 Å². The van der Waals surface area contributed by atoms with Gasteiger partial charge in [-0.15, -0.1) is 0 Å². The summed E-state index contributed by atoms with van der Waals surface area (Å²) >= 11 is 0. The van der Waals surface area contributed by atoms with Gasteiger partial charge in [0, 0.05) is 24.5 Å². The summed E-state index contributed by atoms with van der Waals surface area (Å²) in [4.78, 5) is 24.1. The van der Waals surface area contributed by atoms with Crippen LogP contribution in [0.4, 0.5) is 0 Å². The molecule has 1 aromatic carbocycles. The minimum absolute atomic E-state index is 0.0959. The van der Waals surface area contributed by atoms with Gasteiger partial charge in [-0.3, -0.25) is 9.59 Å². The molecular formula is C19H22O5. The molecule has 5 heteroatoms. The molecule has 24 heavy (non-hydrogen) atoms.